The van der Waals surface area contributed by atoms with Gasteiger partial charge in [-0.1, -0.05) is 20.8 Å². The van der Waals surface area contributed by atoms with Crippen molar-refractivity contribution in [3.8, 4) is 5.75 Å². The highest BCUT2D eigenvalue weighted by Crippen LogP contribution is 2.31. The molecular formula is C16H27NO4S. The Bertz CT molecular complexity index is 592. The smallest absolute Gasteiger partial charge is 0.244 e. The lowest BCUT2D eigenvalue weighted by Gasteiger charge is -2.19. The Labute approximate surface area is 133 Å². The molecule has 6 heteroatoms. The molecule has 0 spiro atoms. The molecule has 0 radical (unpaired) electrons. The summed E-state index contributed by atoms with van der Waals surface area (Å²) in [5, 5.41) is 9.24. The van der Waals surface area contributed by atoms with Crippen molar-refractivity contribution in [3.05, 3.63) is 23.3 Å². The first-order chi connectivity index (χ1) is 10.3. The molecule has 0 aliphatic heterocycles. The standard InChI is InChI=1S/C16H27NO4S/c1-6-13(10-18)17-22(19,20)16-9-14(11(3)4)12(5)8-15(16)21-7-2/h8-9,11,13,17-18H,6-7,10H2,1-5H3. The fraction of sp³-hybridized carbons (Fsp3) is 0.625. The van der Waals surface area contributed by atoms with Crippen LogP contribution in [0.25, 0.3) is 0 Å². The second-order valence-electron chi connectivity index (χ2n) is 5.65. The van der Waals surface area contributed by atoms with Gasteiger partial charge in [-0.25, -0.2) is 13.1 Å². The van der Waals surface area contributed by atoms with Gasteiger partial charge in [0.1, 0.15) is 10.6 Å². The summed E-state index contributed by atoms with van der Waals surface area (Å²) in [7, 11) is -3.74. The number of benzene rings is 1. The van der Waals surface area contributed by atoms with Crippen LogP contribution >= 0.6 is 0 Å². The highest BCUT2D eigenvalue weighted by molar-refractivity contribution is 7.89. The molecule has 0 aliphatic rings. The molecule has 126 valence electrons. The van der Waals surface area contributed by atoms with Gasteiger partial charge < -0.3 is 9.84 Å². The van der Waals surface area contributed by atoms with Crippen molar-refractivity contribution in [3.63, 3.8) is 0 Å². The number of rotatable bonds is 8. The molecule has 0 aromatic heterocycles. The molecule has 0 heterocycles. The third kappa shape index (κ3) is 4.44. The number of aryl methyl sites for hydroxylation is 1. The molecular weight excluding hydrogens is 302 g/mol. The summed E-state index contributed by atoms with van der Waals surface area (Å²) in [6.45, 7) is 9.79. The van der Waals surface area contributed by atoms with E-state index in [-0.39, 0.29) is 17.4 Å². The van der Waals surface area contributed by atoms with E-state index >= 15 is 0 Å². The highest BCUT2D eigenvalue weighted by atomic mass is 32.2. The summed E-state index contributed by atoms with van der Waals surface area (Å²) in [5.74, 6) is 0.564. The Morgan fingerprint density at radius 1 is 1.27 bits per heavy atom. The fourth-order valence-electron chi connectivity index (χ4n) is 2.31. The van der Waals surface area contributed by atoms with Crippen LogP contribution in [0, 0.1) is 6.92 Å². The Balaban J connectivity index is 3.38. The van der Waals surface area contributed by atoms with Crippen molar-refractivity contribution in [1.29, 1.82) is 0 Å². The average Bonchev–Trinajstić information content (AvgIpc) is 2.44. The molecule has 0 saturated heterocycles. The van der Waals surface area contributed by atoms with Gasteiger partial charge in [0.05, 0.1) is 13.2 Å². The molecule has 0 amide bonds. The van der Waals surface area contributed by atoms with Crippen LogP contribution < -0.4 is 9.46 Å². The number of ether oxygens (including phenoxy) is 1. The first-order valence-electron chi connectivity index (χ1n) is 7.67. The van der Waals surface area contributed by atoms with Gasteiger partial charge in [0.15, 0.2) is 0 Å². The van der Waals surface area contributed by atoms with Gasteiger partial charge >= 0.3 is 0 Å². The van der Waals surface area contributed by atoms with E-state index in [1.54, 1.807) is 12.1 Å². The largest absolute Gasteiger partial charge is 0.492 e. The van der Waals surface area contributed by atoms with Crippen LogP contribution in [0.3, 0.4) is 0 Å². The maximum absolute atomic E-state index is 12.6. The highest BCUT2D eigenvalue weighted by Gasteiger charge is 2.24. The normalized spacial score (nSPS) is 13.4. The zero-order valence-corrected chi connectivity index (χ0v) is 14.8. The van der Waals surface area contributed by atoms with Crippen LogP contribution in [0.5, 0.6) is 5.75 Å². The SMILES string of the molecule is CCOc1cc(C)c(C(C)C)cc1S(=O)(=O)NC(CC)CO. The second-order valence-corrected chi connectivity index (χ2v) is 7.33. The zero-order chi connectivity index (χ0) is 16.9. The van der Waals surface area contributed by atoms with E-state index in [0.717, 1.165) is 11.1 Å². The van der Waals surface area contributed by atoms with Gasteiger partial charge in [0.2, 0.25) is 10.0 Å². The number of aliphatic hydroxyl groups is 1. The topological polar surface area (TPSA) is 75.6 Å². The lowest BCUT2D eigenvalue weighted by atomic mass is 9.98. The third-order valence-electron chi connectivity index (χ3n) is 3.58. The Morgan fingerprint density at radius 3 is 2.36 bits per heavy atom. The van der Waals surface area contributed by atoms with Crippen molar-refractivity contribution < 1.29 is 18.3 Å². The lowest BCUT2D eigenvalue weighted by molar-refractivity contribution is 0.253. The molecule has 5 nitrogen and oxygen atoms in total. The number of aliphatic hydroxyl groups excluding tert-OH is 1. The average molecular weight is 329 g/mol. The molecule has 0 aliphatic carbocycles. The maximum atomic E-state index is 12.6. The monoisotopic (exact) mass is 329 g/mol. The first kappa shape index (κ1) is 18.9. The summed E-state index contributed by atoms with van der Waals surface area (Å²) < 4.78 is 33.3. The fourth-order valence-corrected chi connectivity index (χ4v) is 3.78. The molecule has 0 bridgehead atoms. The quantitative estimate of drug-likeness (QED) is 0.768. The predicted octanol–water partition coefficient (Wildman–Crippen LogP) is 2.57. The van der Waals surface area contributed by atoms with E-state index in [4.69, 9.17) is 4.74 Å². The van der Waals surface area contributed by atoms with E-state index in [0.29, 0.717) is 18.8 Å². The van der Waals surface area contributed by atoms with Gasteiger partial charge in [-0.3, -0.25) is 0 Å². The van der Waals surface area contributed by atoms with Gasteiger partial charge in [0.25, 0.3) is 0 Å². The molecule has 0 fully saturated rings. The number of hydrogen-bond acceptors (Lipinski definition) is 4. The van der Waals surface area contributed by atoms with Crippen molar-refractivity contribution in [2.75, 3.05) is 13.2 Å². The minimum atomic E-state index is -3.74. The molecule has 0 saturated carbocycles. The summed E-state index contributed by atoms with van der Waals surface area (Å²) in [6.07, 6.45) is 0.516. The van der Waals surface area contributed by atoms with E-state index in [1.165, 1.54) is 0 Å². The van der Waals surface area contributed by atoms with Gasteiger partial charge in [-0.05, 0) is 49.4 Å². The predicted molar refractivity (Wildman–Crippen MR) is 87.9 cm³/mol. The summed E-state index contributed by atoms with van der Waals surface area (Å²) in [5.41, 5.74) is 1.98. The minimum Gasteiger partial charge on any atom is -0.492 e. The van der Waals surface area contributed by atoms with Gasteiger partial charge in [-0.15, -0.1) is 0 Å². The zero-order valence-electron chi connectivity index (χ0n) is 14.0. The van der Waals surface area contributed by atoms with E-state index < -0.39 is 16.1 Å². The second kappa shape index (κ2) is 7.94. The number of hydrogen-bond donors (Lipinski definition) is 2. The van der Waals surface area contributed by atoms with Crippen molar-refractivity contribution in [2.24, 2.45) is 0 Å². The summed E-state index contributed by atoms with van der Waals surface area (Å²) in [4.78, 5) is 0.135. The van der Waals surface area contributed by atoms with E-state index in [9.17, 15) is 13.5 Å². The number of nitrogens with one attached hydrogen (secondary N) is 1. The van der Waals surface area contributed by atoms with Crippen molar-refractivity contribution in [1.82, 2.24) is 4.72 Å². The van der Waals surface area contributed by atoms with Crippen LogP contribution in [-0.4, -0.2) is 32.8 Å². The molecule has 1 rings (SSSR count). The third-order valence-corrected chi connectivity index (χ3v) is 5.12. The van der Waals surface area contributed by atoms with E-state index in [1.807, 2.05) is 34.6 Å². The van der Waals surface area contributed by atoms with Crippen LogP contribution in [0.1, 0.15) is 51.2 Å². The maximum Gasteiger partial charge on any atom is 0.244 e. The molecule has 2 N–H and O–H groups in total. The first-order valence-corrected chi connectivity index (χ1v) is 9.15. The van der Waals surface area contributed by atoms with Crippen molar-refractivity contribution in [2.45, 2.75) is 57.9 Å². The van der Waals surface area contributed by atoms with Crippen molar-refractivity contribution >= 4 is 10.0 Å². The van der Waals surface area contributed by atoms with Gasteiger partial charge in [-0.2, -0.15) is 0 Å². The summed E-state index contributed by atoms with van der Waals surface area (Å²) >= 11 is 0. The van der Waals surface area contributed by atoms with Crippen LogP contribution in [0.4, 0.5) is 0 Å². The molecule has 1 aromatic rings. The lowest BCUT2D eigenvalue weighted by Crippen LogP contribution is -2.37. The van der Waals surface area contributed by atoms with E-state index in [2.05, 4.69) is 4.72 Å². The van der Waals surface area contributed by atoms with Crippen LogP contribution in [0.15, 0.2) is 17.0 Å². The molecule has 1 unspecified atom stereocenters. The van der Waals surface area contributed by atoms with Gasteiger partial charge in [0, 0.05) is 6.04 Å². The Morgan fingerprint density at radius 2 is 1.91 bits per heavy atom. The minimum absolute atomic E-state index is 0.135. The Kier molecular flexibility index (Phi) is 6.84. The Hall–Kier alpha value is -1.11. The van der Waals surface area contributed by atoms with Crippen LogP contribution in [0.2, 0.25) is 0 Å². The number of sulfonamides is 1. The molecule has 1 aromatic carbocycles. The van der Waals surface area contributed by atoms with Crippen LogP contribution in [-0.2, 0) is 10.0 Å². The summed E-state index contributed by atoms with van der Waals surface area (Å²) in [6, 6.07) is 2.95. The molecule has 1 atom stereocenters. The molecule has 22 heavy (non-hydrogen) atoms.